The summed E-state index contributed by atoms with van der Waals surface area (Å²) in [4.78, 5) is 30.8. The number of piperidine rings is 1. The first-order valence-electron chi connectivity index (χ1n) is 10.0. The summed E-state index contributed by atoms with van der Waals surface area (Å²) >= 11 is 1.59. The van der Waals surface area contributed by atoms with Crippen molar-refractivity contribution in [2.45, 2.75) is 58.1 Å². The number of rotatable bonds is 5. The first kappa shape index (κ1) is 21.3. The van der Waals surface area contributed by atoms with Gasteiger partial charge in [0.25, 0.3) is 0 Å². The Labute approximate surface area is 176 Å². The number of thiazole rings is 1. The third-order valence-corrected chi connectivity index (χ3v) is 5.55. The number of hydrogen-bond donors (Lipinski definition) is 1. The van der Waals surface area contributed by atoms with Gasteiger partial charge in [0.1, 0.15) is 5.60 Å². The lowest BCUT2D eigenvalue weighted by atomic mass is 10.1. The summed E-state index contributed by atoms with van der Waals surface area (Å²) in [5, 5.41) is 6.06. The van der Waals surface area contributed by atoms with Crippen molar-refractivity contribution in [1.82, 2.24) is 15.2 Å². The van der Waals surface area contributed by atoms with Crippen molar-refractivity contribution in [1.29, 1.82) is 0 Å². The zero-order valence-electron chi connectivity index (χ0n) is 17.3. The van der Waals surface area contributed by atoms with Crippen molar-refractivity contribution in [3.63, 3.8) is 0 Å². The lowest BCUT2D eigenvalue weighted by molar-refractivity contribution is -0.121. The van der Waals surface area contributed by atoms with Gasteiger partial charge >= 0.3 is 6.09 Å². The van der Waals surface area contributed by atoms with E-state index in [2.05, 4.69) is 22.4 Å². The van der Waals surface area contributed by atoms with E-state index in [0.29, 0.717) is 13.1 Å². The van der Waals surface area contributed by atoms with E-state index in [1.54, 1.807) is 16.2 Å². The molecule has 1 aliphatic heterocycles. The molecule has 0 unspecified atom stereocenters. The molecule has 1 fully saturated rings. The fraction of sp³-hybridized carbons (Fsp3) is 0.500. The van der Waals surface area contributed by atoms with Gasteiger partial charge in [-0.05, 0) is 39.2 Å². The highest BCUT2D eigenvalue weighted by Gasteiger charge is 2.27. The number of benzene rings is 1. The second kappa shape index (κ2) is 9.39. The van der Waals surface area contributed by atoms with E-state index < -0.39 is 5.60 Å². The molecule has 0 atom stereocenters. The molecule has 0 spiro atoms. The first-order valence-corrected chi connectivity index (χ1v) is 10.9. The molecule has 0 radical (unpaired) electrons. The summed E-state index contributed by atoms with van der Waals surface area (Å²) in [5.41, 5.74) is 1.54. The number of nitrogens with zero attached hydrogens (tertiary/aromatic N) is 2. The number of carbonyl (C=O) groups is 2. The maximum Gasteiger partial charge on any atom is 0.410 e. The van der Waals surface area contributed by atoms with Crippen LogP contribution in [0.1, 0.15) is 49.9 Å². The molecular weight excluding hydrogens is 386 g/mol. The first-order chi connectivity index (χ1) is 13.8. The standard InChI is InChI=1S/C22H29N3O3S/c1-22(2,3)28-21(27)25-11-9-17(10-12-25)23-19(26)14-18-15-29-20(24-18)13-16-7-5-4-6-8-16/h4-8,15,17H,9-14H2,1-3H3,(H,23,26). The van der Waals surface area contributed by atoms with Gasteiger partial charge < -0.3 is 15.0 Å². The van der Waals surface area contributed by atoms with Gasteiger partial charge in [0.05, 0.1) is 17.1 Å². The summed E-state index contributed by atoms with van der Waals surface area (Å²) < 4.78 is 5.41. The van der Waals surface area contributed by atoms with Crippen molar-refractivity contribution in [2.24, 2.45) is 0 Å². The molecule has 1 aliphatic rings. The lowest BCUT2D eigenvalue weighted by Gasteiger charge is -2.33. The van der Waals surface area contributed by atoms with Gasteiger partial charge in [-0.2, -0.15) is 0 Å². The van der Waals surface area contributed by atoms with Crippen LogP contribution in [0.3, 0.4) is 0 Å². The Balaban J connectivity index is 1.42. The van der Waals surface area contributed by atoms with Crippen LogP contribution in [0.15, 0.2) is 35.7 Å². The van der Waals surface area contributed by atoms with Crippen molar-refractivity contribution in [2.75, 3.05) is 13.1 Å². The van der Waals surface area contributed by atoms with Crippen LogP contribution in [0.25, 0.3) is 0 Å². The molecule has 2 amide bonds. The number of carbonyl (C=O) groups excluding carboxylic acids is 2. The highest BCUT2D eigenvalue weighted by Crippen LogP contribution is 2.17. The van der Waals surface area contributed by atoms with E-state index in [4.69, 9.17) is 4.74 Å². The Morgan fingerprint density at radius 1 is 1.21 bits per heavy atom. The van der Waals surface area contributed by atoms with Crippen molar-refractivity contribution in [3.8, 4) is 0 Å². The molecule has 7 heteroatoms. The molecule has 1 aromatic carbocycles. The topological polar surface area (TPSA) is 71.5 Å². The van der Waals surface area contributed by atoms with E-state index in [1.807, 2.05) is 44.4 Å². The lowest BCUT2D eigenvalue weighted by Crippen LogP contribution is -2.48. The highest BCUT2D eigenvalue weighted by atomic mass is 32.1. The fourth-order valence-corrected chi connectivity index (χ4v) is 4.09. The zero-order chi connectivity index (χ0) is 20.9. The second-order valence-corrected chi connectivity index (χ2v) is 9.32. The average molecular weight is 416 g/mol. The Morgan fingerprint density at radius 2 is 1.90 bits per heavy atom. The van der Waals surface area contributed by atoms with Crippen LogP contribution in [-0.2, 0) is 22.4 Å². The third kappa shape index (κ3) is 6.85. The highest BCUT2D eigenvalue weighted by molar-refractivity contribution is 7.09. The number of amides is 2. The quantitative estimate of drug-likeness (QED) is 0.806. The van der Waals surface area contributed by atoms with Crippen molar-refractivity contribution >= 4 is 23.3 Å². The molecule has 1 aromatic heterocycles. The van der Waals surface area contributed by atoms with Crippen LogP contribution in [0.4, 0.5) is 4.79 Å². The van der Waals surface area contributed by atoms with Gasteiger partial charge in [-0.3, -0.25) is 4.79 Å². The van der Waals surface area contributed by atoms with Crippen LogP contribution in [0.5, 0.6) is 0 Å². The number of ether oxygens (including phenoxy) is 1. The predicted molar refractivity (Wildman–Crippen MR) is 114 cm³/mol. The minimum Gasteiger partial charge on any atom is -0.444 e. The summed E-state index contributed by atoms with van der Waals surface area (Å²) in [6.45, 7) is 6.78. The fourth-order valence-electron chi connectivity index (χ4n) is 3.26. The number of aromatic nitrogens is 1. The molecule has 1 N–H and O–H groups in total. The van der Waals surface area contributed by atoms with E-state index in [9.17, 15) is 9.59 Å². The molecule has 3 rings (SSSR count). The molecule has 1 saturated heterocycles. The predicted octanol–water partition coefficient (Wildman–Crippen LogP) is 3.79. The van der Waals surface area contributed by atoms with Gasteiger partial charge in [-0.1, -0.05) is 30.3 Å². The van der Waals surface area contributed by atoms with E-state index in [-0.39, 0.29) is 24.5 Å². The number of nitrogens with one attached hydrogen (secondary N) is 1. The minimum atomic E-state index is -0.491. The molecule has 2 aromatic rings. The van der Waals surface area contributed by atoms with E-state index in [0.717, 1.165) is 30.0 Å². The molecule has 29 heavy (non-hydrogen) atoms. The van der Waals surface area contributed by atoms with Crippen LogP contribution >= 0.6 is 11.3 Å². The molecule has 6 nitrogen and oxygen atoms in total. The van der Waals surface area contributed by atoms with Gasteiger partial charge in [0.2, 0.25) is 5.91 Å². The van der Waals surface area contributed by atoms with Gasteiger partial charge in [-0.25, -0.2) is 9.78 Å². The summed E-state index contributed by atoms with van der Waals surface area (Å²) in [6, 6.07) is 10.3. The number of likely N-dealkylation sites (tertiary alicyclic amines) is 1. The summed E-state index contributed by atoms with van der Waals surface area (Å²) in [6.07, 6.45) is 2.27. The minimum absolute atomic E-state index is 0.0164. The van der Waals surface area contributed by atoms with Gasteiger partial charge in [0, 0.05) is 30.9 Å². The maximum atomic E-state index is 12.4. The van der Waals surface area contributed by atoms with Crippen LogP contribution in [0, 0.1) is 0 Å². The second-order valence-electron chi connectivity index (χ2n) is 8.38. The van der Waals surface area contributed by atoms with E-state index in [1.165, 1.54) is 5.56 Å². The molecule has 156 valence electrons. The monoisotopic (exact) mass is 415 g/mol. The Bertz CT molecular complexity index is 821. The van der Waals surface area contributed by atoms with E-state index >= 15 is 0 Å². The molecule has 0 saturated carbocycles. The van der Waals surface area contributed by atoms with Crippen molar-refractivity contribution < 1.29 is 14.3 Å². The molecular formula is C22H29N3O3S. The Morgan fingerprint density at radius 3 is 2.55 bits per heavy atom. The SMILES string of the molecule is CC(C)(C)OC(=O)N1CCC(NC(=O)Cc2csc(Cc3ccccc3)n2)CC1. The zero-order valence-corrected chi connectivity index (χ0v) is 18.1. The Kier molecular flexibility index (Phi) is 6.90. The Hall–Kier alpha value is -2.41. The van der Waals surface area contributed by atoms with Gasteiger partial charge in [-0.15, -0.1) is 11.3 Å². The third-order valence-electron chi connectivity index (χ3n) is 4.65. The molecule has 0 bridgehead atoms. The maximum absolute atomic E-state index is 12.4. The molecule has 0 aliphatic carbocycles. The van der Waals surface area contributed by atoms with Crippen LogP contribution in [0.2, 0.25) is 0 Å². The summed E-state index contributed by atoms with van der Waals surface area (Å²) in [5.74, 6) is -0.0164. The van der Waals surface area contributed by atoms with Crippen LogP contribution < -0.4 is 5.32 Å². The van der Waals surface area contributed by atoms with Crippen LogP contribution in [-0.4, -0.2) is 46.6 Å². The number of hydrogen-bond acceptors (Lipinski definition) is 5. The summed E-state index contributed by atoms with van der Waals surface area (Å²) in [7, 11) is 0. The largest absolute Gasteiger partial charge is 0.444 e. The smallest absolute Gasteiger partial charge is 0.410 e. The van der Waals surface area contributed by atoms with Gasteiger partial charge in [0.15, 0.2) is 0 Å². The molecule has 2 heterocycles. The normalized spacial score (nSPS) is 15.2. The van der Waals surface area contributed by atoms with Crippen molar-refractivity contribution in [3.05, 3.63) is 52.0 Å². The average Bonchev–Trinajstić information content (AvgIpc) is 3.08.